The van der Waals surface area contributed by atoms with Crippen LogP contribution < -0.4 is 4.74 Å². The molecule has 0 aliphatic carbocycles. The van der Waals surface area contributed by atoms with Crippen LogP contribution in [0.4, 0.5) is 0 Å². The summed E-state index contributed by atoms with van der Waals surface area (Å²) in [6, 6.07) is 21.6. The first kappa shape index (κ1) is 15.0. The Balaban J connectivity index is 1.72. The van der Waals surface area contributed by atoms with E-state index in [1.807, 2.05) is 66.7 Å². The Hall–Kier alpha value is -3.58. The lowest BCUT2D eigenvalue weighted by molar-refractivity contribution is 0.415. The van der Waals surface area contributed by atoms with Gasteiger partial charge in [-0.3, -0.25) is 0 Å². The van der Waals surface area contributed by atoms with Crippen LogP contribution in [0.3, 0.4) is 0 Å². The maximum atomic E-state index is 5.16. The first-order valence-corrected chi connectivity index (χ1v) is 7.90. The van der Waals surface area contributed by atoms with Crippen LogP contribution in [-0.2, 0) is 0 Å². The quantitative estimate of drug-likeness (QED) is 0.526. The molecule has 4 rings (SSSR count). The standard InChI is InChI=1S/C21H15N3O/c1-25-19-11-8-16(9-12-19)7-10-18-15-22-21-14-13-20(23-24(18)21)17-5-3-2-4-6-17/h2-6,8-9,11-15H,1H3. The molecule has 2 heterocycles. The highest BCUT2D eigenvalue weighted by Gasteiger charge is 2.05. The summed E-state index contributed by atoms with van der Waals surface area (Å²) in [5.41, 5.74) is 4.39. The zero-order valence-corrected chi connectivity index (χ0v) is 13.7. The average molecular weight is 325 g/mol. The maximum absolute atomic E-state index is 5.16. The number of methoxy groups -OCH3 is 1. The van der Waals surface area contributed by atoms with Crippen LogP contribution in [-0.4, -0.2) is 21.7 Å². The van der Waals surface area contributed by atoms with Crippen molar-refractivity contribution in [2.45, 2.75) is 0 Å². The molecule has 0 aliphatic heterocycles. The smallest absolute Gasteiger partial charge is 0.154 e. The lowest BCUT2D eigenvalue weighted by Crippen LogP contribution is -1.96. The van der Waals surface area contributed by atoms with Crippen molar-refractivity contribution in [2.75, 3.05) is 7.11 Å². The highest BCUT2D eigenvalue weighted by atomic mass is 16.5. The van der Waals surface area contributed by atoms with Gasteiger partial charge in [0.05, 0.1) is 19.0 Å². The third kappa shape index (κ3) is 3.08. The van der Waals surface area contributed by atoms with Gasteiger partial charge in [0.15, 0.2) is 5.65 Å². The normalized spacial score (nSPS) is 10.3. The highest BCUT2D eigenvalue weighted by molar-refractivity contribution is 5.60. The second-order valence-corrected chi connectivity index (χ2v) is 5.48. The Bertz CT molecular complexity index is 1070. The number of hydrogen-bond acceptors (Lipinski definition) is 3. The van der Waals surface area contributed by atoms with Crippen molar-refractivity contribution in [3.05, 3.63) is 84.2 Å². The predicted octanol–water partition coefficient (Wildman–Crippen LogP) is 3.80. The van der Waals surface area contributed by atoms with Crippen molar-refractivity contribution < 1.29 is 4.74 Å². The molecule has 0 saturated heterocycles. The van der Waals surface area contributed by atoms with E-state index >= 15 is 0 Å². The summed E-state index contributed by atoms with van der Waals surface area (Å²) in [7, 11) is 1.65. The molecule has 4 aromatic rings. The Labute approximate surface area is 145 Å². The molecule has 0 fully saturated rings. The van der Waals surface area contributed by atoms with Crippen molar-refractivity contribution in [2.24, 2.45) is 0 Å². The van der Waals surface area contributed by atoms with Gasteiger partial charge in [-0.2, -0.15) is 5.10 Å². The van der Waals surface area contributed by atoms with Crippen LogP contribution in [0, 0.1) is 11.8 Å². The van der Waals surface area contributed by atoms with Crippen LogP contribution in [0.15, 0.2) is 72.9 Å². The molecule has 0 bridgehead atoms. The number of imidazole rings is 1. The van der Waals surface area contributed by atoms with Crippen molar-refractivity contribution in [1.82, 2.24) is 14.6 Å². The Kier molecular flexibility index (Phi) is 3.89. The van der Waals surface area contributed by atoms with E-state index in [1.54, 1.807) is 17.8 Å². The van der Waals surface area contributed by atoms with Crippen LogP contribution in [0.25, 0.3) is 16.9 Å². The zero-order valence-electron chi connectivity index (χ0n) is 13.7. The predicted molar refractivity (Wildman–Crippen MR) is 97.4 cm³/mol. The lowest BCUT2D eigenvalue weighted by atomic mass is 10.1. The number of rotatable bonds is 2. The molecule has 120 valence electrons. The molecule has 0 N–H and O–H groups in total. The molecule has 0 aliphatic rings. The van der Waals surface area contributed by atoms with Gasteiger partial charge in [-0.05, 0) is 42.3 Å². The van der Waals surface area contributed by atoms with Crippen molar-refractivity contribution in [3.8, 4) is 28.8 Å². The van der Waals surface area contributed by atoms with E-state index in [9.17, 15) is 0 Å². The summed E-state index contributed by atoms with van der Waals surface area (Å²) in [5, 5.41) is 4.68. The van der Waals surface area contributed by atoms with Gasteiger partial charge < -0.3 is 4.74 Å². The zero-order chi connectivity index (χ0) is 17.1. The summed E-state index contributed by atoms with van der Waals surface area (Å²) in [5.74, 6) is 7.10. The second kappa shape index (κ2) is 6.50. The molecule has 0 unspecified atom stereocenters. The monoisotopic (exact) mass is 325 g/mol. The van der Waals surface area contributed by atoms with Gasteiger partial charge in [0.1, 0.15) is 11.4 Å². The average Bonchev–Trinajstić information content (AvgIpc) is 3.10. The summed E-state index contributed by atoms with van der Waals surface area (Å²) in [4.78, 5) is 4.37. The molecule has 4 nitrogen and oxygen atoms in total. The van der Waals surface area contributed by atoms with E-state index in [1.165, 1.54) is 0 Å². The fraction of sp³-hybridized carbons (Fsp3) is 0.0476. The highest BCUT2D eigenvalue weighted by Crippen LogP contribution is 2.17. The second-order valence-electron chi connectivity index (χ2n) is 5.48. The lowest BCUT2D eigenvalue weighted by Gasteiger charge is -2.01. The Morgan fingerprint density at radius 3 is 2.44 bits per heavy atom. The maximum Gasteiger partial charge on any atom is 0.154 e. The van der Waals surface area contributed by atoms with Crippen molar-refractivity contribution in [3.63, 3.8) is 0 Å². The number of ether oxygens (including phenoxy) is 1. The largest absolute Gasteiger partial charge is 0.497 e. The summed E-state index contributed by atoms with van der Waals surface area (Å²) in [6.45, 7) is 0. The number of nitrogens with zero attached hydrogens (tertiary/aromatic N) is 3. The van der Waals surface area contributed by atoms with E-state index in [2.05, 4.69) is 21.9 Å². The molecule has 0 amide bonds. The molecule has 0 saturated carbocycles. The van der Waals surface area contributed by atoms with E-state index in [0.29, 0.717) is 0 Å². The fourth-order valence-corrected chi connectivity index (χ4v) is 2.53. The van der Waals surface area contributed by atoms with Crippen LogP contribution >= 0.6 is 0 Å². The molecule has 4 heteroatoms. The van der Waals surface area contributed by atoms with E-state index in [0.717, 1.165) is 33.9 Å². The number of aromatic nitrogens is 3. The van der Waals surface area contributed by atoms with Gasteiger partial charge in [0.2, 0.25) is 0 Å². The summed E-state index contributed by atoms with van der Waals surface area (Å²) < 4.78 is 6.94. The van der Waals surface area contributed by atoms with Gasteiger partial charge in [-0.15, -0.1) is 0 Å². The minimum atomic E-state index is 0.753. The molecule has 25 heavy (non-hydrogen) atoms. The van der Waals surface area contributed by atoms with E-state index in [4.69, 9.17) is 4.74 Å². The molecule has 0 spiro atoms. The van der Waals surface area contributed by atoms with Gasteiger partial charge in [0, 0.05) is 11.1 Å². The minimum Gasteiger partial charge on any atom is -0.497 e. The van der Waals surface area contributed by atoms with Crippen LogP contribution in [0.5, 0.6) is 5.75 Å². The topological polar surface area (TPSA) is 39.4 Å². The van der Waals surface area contributed by atoms with Crippen molar-refractivity contribution >= 4 is 5.65 Å². The number of benzene rings is 2. The Morgan fingerprint density at radius 2 is 1.68 bits per heavy atom. The van der Waals surface area contributed by atoms with Gasteiger partial charge in [-0.25, -0.2) is 9.50 Å². The van der Waals surface area contributed by atoms with E-state index < -0.39 is 0 Å². The third-order valence-electron chi connectivity index (χ3n) is 3.86. The molecule has 0 atom stereocenters. The molecular formula is C21H15N3O. The first-order chi connectivity index (χ1) is 12.3. The minimum absolute atomic E-state index is 0.753. The number of fused-ring (bicyclic) bond motifs is 1. The third-order valence-corrected chi connectivity index (χ3v) is 3.86. The van der Waals surface area contributed by atoms with Crippen LogP contribution in [0.1, 0.15) is 11.3 Å². The van der Waals surface area contributed by atoms with Gasteiger partial charge >= 0.3 is 0 Å². The Morgan fingerprint density at radius 1 is 0.880 bits per heavy atom. The molecule has 2 aromatic heterocycles. The molecule has 0 radical (unpaired) electrons. The van der Waals surface area contributed by atoms with Gasteiger partial charge in [0.25, 0.3) is 0 Å². The number of hydrogen-bond donors (Lipinski definition) is 0. The summed E-state index contributed by atoms with van der Waals surface area (Å²) >= 11 is 0. The molecule has 2 aromatic carbocycles. The summed E-state index contributed by atoms with van der Waals surface area (Å²) in [6.07, 6.45) is 1.74. The first-order valence-electron chi connectivity index (χ1n) is 7.90. The van der Waals surface area contributed by atoms with Gasteiger partial charge in [-0.1, -0.05) is 36.3 Å². The van der Waals surface area contributed by atoms with E-state index in [-0.39, 0.29) is 0 Å². The van der Waals surface area contributed by atoms with Crippen LogP contribution in [0.2, 0.25) is 0 Å². The van der Waals surface area contributed by atoms with Crippen molar-refractivity contribution in [1.29, 1.82) is 0 Å². The SMILES string of the molecule is COc1ccc(C#Cc2cnc3ccc(-c4ccccc4)nn23)cc1. The molecular weight excluding hydrogens is 310 g/mol. The fourth-order valence-electron chi connectivity index (χ4n) is 2.53.